The number of hydrogen-bond acceptors (Lipinski definition) is 2. The van der Waals surface area contributed by atoms with Gasteiger partial charge in [0.1, 0.15) is 20.2 Å². The molecule has 4 aromatic carbocycles. The molecule has 0 bridgehead atoms. The summed E-state index contributed by atoms with van der Waals surface area (Å²) in [6.07, 6.45) is 0. The van der Waals surface area contributed by atoms with Crippen molar-refractivity contribution in [3.63, 3.8) is 0 Å². The Morgan fingerprint density at radius 3 is 1.39 bits per heavy atom. The Labute approximate surface area is 245 Å². The van der Waals surface area contributed by atoms with Crippen molar-refractivity contribution in [2.75, 3.05) is 0 Å². The van der Waals surface area contributed by atoms with Crippen molar-refractivity contribution in [2.24, 2.45) is 0 Å². The standard InChI is InChI=1S/C36H36BN3Si/c1-35(2,3)25-17-23(21-38)33-27(19-25)28-20-26(36(4,5)6)18-24(22-39)34(28)40(33)37-29-13-9-11-15-31(29)41(7,8)32-16-12-10-14-30(32)37/h9-20H,1-8H3. The third-order valence-corrected chi connectivity index (χ3v) is 12.7. The van der Waals surface area contributed by atoms with Crippen molar-refractivity contribution in [3.8, 4) is 12.1 Å². The number of benzene rings is 4. The lowest BCUT2D eigenvalue weighted by Crippen LogP contribution is -2.75. The van der Waals surface area contributed by atoms with Crippen molar-refractivity contribution < 1.29 is 0 Å². The smallest absolute Gasteiger partial charge is 0.328 e. The van der Waals surface area contributed by atoms with Crippen LogP contribution in [0.3, 0.4) is 0 Å². The highest BCUT2D eigenvalue weighted by atomic mass is 28.3. The zero-order valence-electron chi connectivity index (χ0n) is 25.3. The van der Waals surface area contributed by atoms with E-state index in [1.165, 1.54) is 21.3 Å². The van der Waals surface area contributed by atoms with E-state index in [0.29, 0.717) is 11.1 Å². The molecule has 0 atom stereocenters. The summed E-state index contributed by atoms with van der Waals surface area (Å²) in [4.78, 5) is 0. The number of hydrogen-bond donors (Lipinski definition) is 0. The molecule has 0 saturated carbocycles. The van der Waals surface area contributed by atoms with Crippen LogP contribution in [0, 0.1) is 22.7 Å². The first-order valence-corrected chi connectivity index (χ1v) is 17.4. The molecule has 202 valence electrons. The first-order chi connectivity index (χ1) is 19.3. The maximum atomic E-state index is 10.6. The molecule has 0 aliphatic carbocycles. The normalized spacial score (nSPS) is 14.4. The van der Waals surface area contributed by atoms with Crippen molar-refractivity contribution >= 4 is 58.0 Å². The Morgan fingerprint density at radius 2 is 1.02 bits per heavy atom. The van der Waals surface area contributed by atoms with E-state index in [4.69, 9.17) is 0 Å². The molecule has 1 aromatic heterocycles. The predicted molar refractivity (Wildman–Crippen MR) is 176 cm³/mol. The Kier molecular flexibility index (Phi) is 5.94. The van der Waals surface area contributed by atoms with Gasteiger partial charge in [-0.2, -0.15) is 10.5 Å². The van der Waals surface area contributed by atoms with Gasteiger partial charge in [0.15, 0.2) is 0 Å². The second-order valence-electron chi connectivity index (χ2n) is 14.1. The molecule has 0 N–H and O–H groups in total. The predicted octanol–water partition coefficient (Wildman–Crippen LogP) is 5.92. The van der Waals surface area contributed by atoms with Gasteiger partial charge in [-0.3, -0.25) is 0 Å². The molecule has 0 radical (unpaired) electrons. The van der Waals surface area contributed by atoms with Gasteiger partial charge in [-0.05, 0) is 46.2 Å². The van der Waals surface area contributed by atoms with Crippen LogP contribution in [0.25, 0.3) is 21.8 Å². The largest absolute Gasteiger partial charge is 0.374 e. The fraction of sp³-hybridized carbons (Fsp3) is 0.278. The van der Waals surface area contributed by atoms with Crippen molar-refractivity contribution in [1.82, 2.24) is 4.48 Å². The monoisotopic (exact) mass is 549 g/mol. The zero-order valence-corrected chi connectivity index (χ0v) is 26.3. The van der Waals surface area contributed by atoms with Crippen LogP contribution in [-0.2, 0) is 10.8 Å². The second-order valence-corrected chi connectivity index (χ2v) is 18.5. The van der Waals surface area contributed by atoms with E-state index in [-0.39, 0.29) is 17.7 Å². The maximum absolute atomic E-state index is 10.6. The fourth-order valence-corrected chi connectivity index (χ4v) is 10.0. The van der Waals surface area contributed by atoms with E-state index in [2.05, 4.69) is 144 Å². The van der Waals surface area contributed by atoms with Crippen molar-refractivity contribution in [1.29, 1.82) is 10.5 Å². The van der Waals surface area contributed by atoms with Gasteiger partial charge in [-0.15, -0.1) is 0 Å². The molecule has 0 spiro atoms. The molecule has 0 fully saturated rings. The SMILES string of the molecule is CC(C)(C)c1cc(C#N)c2c(c1)c1cc(C(C)(C)C)cc(C#N)c1n2B1c2ccccc2[Si](C)(C)c2ccccc21. The Morgan fingerprint density at radius 1 is 0.634 bits per heavy atom. The number of nitrogens with zero attached hydrogens (tertiary/aromatic N) is 3. The summed E-state index contributed by atoms with van der Waals surface area (Å²) in [5.74, 6) is 0. The highest BCUT2D eigenvalue weighted by Crippen LogP contribution is 2.39. The van der Waals surface area contributed by atoms with Crippen LogP contribution in [-0.4, -0.2) is 19.4 Å². The van der Waals surface area contributed by atoms with E-state index in [0.717, 1.165) is 32.9 Å². The lowest BCUT2D eigenvalue weighted by molar-refractivity contribution is 0.590. The average Bonchev–Trinajstić information content (AvgIpc) is 3.26. The van der Waals surface area contributed by atoms with E-state index >= 15 is 0 Å². The minimum absolute atomic E-state index is 0.131. The number of nitriles is 2. The van der Waals surface area contributed by atoms with Crippen molar-refractivity contribution in [2.45, 2.75) is 65.5 Å². The van der Waals surface area contributed by atoms with Crippen molar-refractivity contribution in [3.05, 3.63) is 95.1 Å². The quantitative estimate of drug-likeness (QED) is 0.244. The van der Waals surface area contributed by atoms with Gasteiger partial charge >= 0.3 is 6.85 Å². The molecule has 0 saturated heterocycles. The molecular formula is C36H36BN3Si. The van der Waals surface area contributed by atoms with E-state index in [1.807, 2.05) is 0 Å². The zero-order chi connectivity index (χ0) is 29.5. The molecule has 0 unspecified atom stereocenters. The lowest BCUT2D eigenvalue weighted by atomic mass is 9.49. The van der Waals surface area contributed by atoms with Crippen LogP contribution in [0.5, 0.6) is 0 Å². The molecule has 2 heterocycles. The molecule has 41 heavy (non-hydrogen) atoms. The molecule has 3 nitrogen and oxygen atoms in total. The summed E-state index contributed by atoms with van der Waals surface area (Å²) in [6, 6.07) is 31.5. The second kappa shape index (κ2) is 8.97. The van der Waals surface area contributed by atoms with Gasteiger partial charge in [0.25, 0.3) is 0 Å². The van der Waals surface area contributed by atoms with Crippen LogP contribution in [0.4, 0.5) is 0 Å². The first kappa shape index (κ1) is 27.1. The molecule has 1 aliphatic rings. The molecular weight excluding hydrogens is 513 g/mol. The summed E-state index contributed by atoms with van der Waals surface area (Å²) in [5, 5.41) is 26.2. The van der Waals surface area contributed by atoms with Gasteiger partial charge in [-0.25, -0.2) is 0 Å². The number of aromatic nitrogens is 1. The van der Waals surface area contributed by atoms with Gasteiger partial charge in [0.2, 0.25) is 0 Å². The van der Waals surface area contributed by atoms with E-state index in [1.54, 1.807) is 0 Å². The van der Waals surface area contributed by atoms with Gasteiger partial charge < -0.3 is 4.48 Å². The summed E-state index contributed by atoms with van der Waals surface area (Å²) >= 11 is 0. The summed E-state index contributed by atoms with van der Waals surface area (Å²) in [6.45, 7) is 17.9. The average molecular weight is 550 g/mol. The third kappa shape index (κ3) is 3.98. The highest BCUT2D eigenvalue weighted by Gasteiger charge is 2.43. The fourth-order valence-electron chi connectivity index (χ4n) is 6.81. The molecule has 5 aromatic rings. The molecule has 0 amide bonds. The Bertz CT molecular complexity index is 1830. The van der Waals surface area contributed by atoms with Gasteiger partial charge in [0.05, 0.1) is 22.2 Å². The Balaban J connectivity index is 1.88. The Hall–Kier alpha value is -4.06. The maximum Gasteiger partial charge on any atom is 0.328 e. The summed E-state index contributed by atoms with van der Waals surface area (Å²) < 4.78 is 2.34. The van der Waals surface area contributed by atoms with Crippen LogP contribution < -0.4 is 21.3 Å². The van der Waals surface area contributed by atoms with Crippen LogP contribution in [0.2, 0.25) is 13.1 Å². The van der Waals surface area contributed by atoms with Crippen LogP contribution in [0.15, 0.2) is 72.8 Å². The minimum atomic E-state index is -1.98. The summed E-state index contributed by atoms with van der Waals surface area (Å²) in [7, 11) is -1.98. The summed E-state index contributed by atoms with van der Waals surface area (Å²) in [5.41, 5.74) is 7.66. The van der Waals surface area contributed by atoms with Crippen LogP contribution >= 0.6 is 0 Å². The van der Waals surface area contributed by atoms with Crippen LogP contribution in [0.1, 0.15) is 63.8 Å². The van der Waals surface area contributed by atoms with Gasteiger partial charge in [-0.1, -0.05) is 124 Å². The molecule has 6 rings (SSSR count). The number of fused-ring (bicyclic) bond motifs is 5. The van der Waals surface area contributed by atoms with Gasteiger partial charge in [0, 0.05) is 10.8 Å². The first-order valence-electron chi connectivity index (χ1n) is 14.4. The topological polar surface area (TPSA) is 52.5 Å². The lowest BCUT2D eigenvalue weighted by Gasteiger charge is -2.37. The number of rotatable bonds is 1. The highest BCUT2D eigenvalue weighted by molar-refractivity contribution is 7.11. The third-order valence-electron chi connectivity index (χ3n) is 9.08. The van der Waals surface area contributed by atoms with E-state index in [9.17, 15) is 10.5 Å². The van der Waals surface area contributed by atoms with E-state index < -0.39 is 8.07 Å². The molecule has 1 aliphatic heterocycles. The molecule has 5 heteroatoms. The minimum Gasteiger partial charge on any atom is -0.374 e.